The molecule has 1 unspecified atom stereocenters. The number of para-hydroxylation sites is 2. The van der Waals surface area contributed by atoms with E-state index < -0.39 is 6.10 Å². The lowest BCUT2D eigenvalue weighted by atomic mass is 10.2. The normalized spacial score (nSPS) is 17.4. The van der Waals surface area contributed by atoms with Crippen molar-refractivity contribution < 1.29 is 23.5 Å². The van der Waals surface area contributed by atoms with Crippen molar-refractivity contribution in [2.75, 3.05) is 29.1 Å². The number of thioether (sulfide) groups is 1. The van der Waals surface area contributed by atoms with Crippen LogP contribution in [0.1, 0.15) is 24.8 Å². The van der Waals surface area contributed by atoms with Gasteiger partial charge in [0.1, 0.15) is 6.61 Å². The van der Waals surface area contributed by atoms with Gasteiger partial charge in [0.25, 0.3) is 11.1 Å². The Balaban J connectivity index is 1.13. The summed E-state index contributed by atoms with van der Waals surface area (Å²) in [5.41, 5.74) is 1.50. The number of hydrogen-bond donors (Lipinski definition) is 1. The summed E-state index contributed by atoms with van der Waals surface area (Å²) in [6, 6.07) is 14.6. The first-order valence-electron chi connectivity index (χ1n) is 10.2. The molecule has 0 radical (unpaired) electrons. The fraction of sp³-hybridized carbons (Fsp3) is 0.273. The van der Waals surface area contributed by atoms with Gasteiger partial charge >= 0.3 is 0 Å². The Kier molecular flexibility index (Phi) is 5.68. The average molecular weight is 452 g/mol. The van der Waals surface area contributed by atoms with Crippen molar-refractivity contribution in [3.8, 4) is 11.5 Å². The zero-order chi connectivity index (χ0) is 21.9. The van der Waals surface area contributed by atoms with E-state index in [1.54, 1.807) is 17.0 Å². The van der Waals surface area contributed by atoms with Crippen molar-refractivity contribution in [1.82, 2.24) is 10.2 Å². The van der Waals surface area contributed by atoms with Crippen LogP contribution < -0.4 is 19.7 Å². The predicted octanol–water partition coefficient (Wildman–Crippen LogP) is 3.44. The zero-order valence-corrected chi connectivity index (χ0v) is 17.8. The van der Waals surface area contributed by atoms with Crippen molar-refractivity contribution >= 4 is 35.0 Å². The summed E-state index contributed by atoms with van der Waals surface area (Å²) >= 11 is 1.14. The van der Waals surface area contributed by atoms with Crippen LogP contribution in [0.3, 0.4) is 0 Å². The molecule has 0 spiro atoms. The molecule has 1 saturated heterocycles. The van der Waals surface area contributed by atoms with E-state index >= 15 is 0 Å². The van der Waals surface area contributed by atoms with E-state index in [-0.39, 0.29) is 29.4 Å². The minimum absolute atomic E-state index is 0.110. The Morgan fingerprint density at radius 3 is 2.72 bits per heavy atom. The van der Waals surface area contributed by atoms with Gasteiger partial charge in [-0.15, -0.1) is 10.2 Å². The molecule has 2 aliphatic rings. The summed E-state index contributed by atoms with van der Waals surface area (Å²) < 4.78 is 17.2. The second kappa shape index (κ2) is 8.91. The van der Waals surface area contributed by atoms with Gasteiger partial charge in [-0.2, -0.15) is 0 Å². The molecule has 1 atom stereocenters. The van der Waals surface area contributed by atoms with Crippen molar-refractivity contribution in [3.63, 3.8) is 0 Å². The second-order valence-electron chi connectivity index (χ2n) is 7.30. The molecule has 2 aromatic carbocycles. The van der Waals surface area contributed by atoms with Crippen LogP contribution in [0.5, 0.6) is 11.5 Å². The van der Waals surface area contributed by atoms with Gasteiger partial charge in [0.15, 0.2) is 11.5 Å². The Morgan fingerprint density at radius 2 is 1.94 bits per heavy atom. The molecule has 0 saturated carbocycles. The zero-order valence-electron chi connectivity index (χ0n) is 17.0. The van der Waals surface area contributed by atoms with Crippen molar-refractivity contribution in [1.29, 1.82) is 0 Å². The van der Waals surface area contributed by atoms with E-state index in [9.17, 15) is 9.59 Å². The van der Waals surface area contributed by atoms with Crippen molar-refractivity contribution in [2.45, 2.75) is 24.2 Å². The third kappa shape index (κ3) is 4.40. The van der Waals surface area contributed by atoms with Crippen LogP contribution in [0, 0.1) is 0 Å². The SMILES string of the molecule is O=C(CSc1nnc(C2COc3ccccc3O2)o1)Nc1ccc(N2CCCC2=O)cc1. The van der Waals surface area contributed by atoms with Crippen LogP contribution in [0.2, 0.25) is 0 Å². The Morgan fingerprint density at radius 1 is 1.12 bits per heavy atom. The van der Waals surface area contributed by atoms with Gasteiger partial charge in [0, 0.05) is 24.3 Å². The number of ether oxygens (including phenoxy) is 2. The summed E-state index contributed by atoms with van der Waals surface area (Å²) in [5, 5.41) is 11.1. The number of rotatable bonds is 6. The van der Waals surface area contributed by atoms with Crippen LogP contribution in [-0.2, 0) is 9.59 Å². The summed E-state index contributed by atoms with van der Waals surface area (Å²) in [7, 11) is 0. The highest BCUT2D eigenvalue weighted by atomic mass is 32.2. The molecule has 0 aliphatic carbocycles. The minimum atomic E-state index is -0.499. The van der Waals surface area contributed by atoms with Gasteiger partial charge in [-0.25, -0.2) is 0 Å². The highest BCUT2D eigenvalue weighted by Gasteiger charge is 2.27. The number of carbonyl (C=O) groups is 2. The molecule has 1 fully saturated rings. The van der Waals surface area contributed by atoms with Gasteiger partial charge in [0.05, 0.1) is 5.75 Å². The molecule has 164 valence electrons. The number of benzene rings is 2. The number of fused-ring (bicyclic) bond motifs is 1. The number of anilines is 2. The van der Waals surface area contributed by atoms with E-state index in [1.165, 1.54) is 0 Å². The lowest BCUT2D eigenvalue weighted by molar-refractivity contribution is -0.117. The molecule has 1 aromatic heterocycles. The van der Waals surface area contributed by atoms with E-state index in [0.717, 1.165) is 30.4 Å². The summed E-state index contributed by atoms with van der Waals surface area (Å²) in [6.45, 7) is 1.00. The molecular weight excluding hydrogens is 432 g/mol. The third-order valence-electron chi connectivity index (χ3n) is 5.07. The summed E-state index contributed by atoms with van der Waals surface area (Å²) in [6.07, 6.45) is 0.959. The minimum Gasteiger partial charge on any atom is -0.485 e. The smallest absolute Gasteiger partial charge is 0.277 e. The molecule has 9 nitrogen and oxygen atoms in total. The lowest BCUT2D eigenvalue weighted by Gasteiger charge is -2.23. The fourth-order valence-corrected chi connectivity index (χ4v) is 4.09. The number of aromatic nitrogens is 2. The topological polar surface area (TPSA) is 107 Å². The van der Waals surface area contributed by atoms with Crippen LogP contribution in [-0.4, -0.2) is 40.9 Å². The summed E-state index contributed by atoms with van der Waals surface area (Å²) in [5.74, 6) is 1.64. The predicted molar refractivity (Wildman–Crippen MR) is 117 cm³/mol. The lowest BCUT2D eigenvalue weighted by Crippen LogP contribution is -2.23. The number of carbonyl (C=O) groups excluding carboxylic acids is 2. The number of amides is 2. The highest BCUT2D eigenvalue weighted by Crippen LogP contribution is 2.36. The van der Waals surface area contributed by atoms with Crippen molar-refractivity contribution in [3.05, 3.63) is 54.4 Å². The third-order valence-corrected chi connectivity index (χ3v) is 5.89. The standard InChI is InChI=1S/C22H20N4O5S/c27-19(23-14-7-9-15(10-8-14)26-11-3-6-20(26)28)13-32-22-25-24-21(31-22)18-12-29-16-4-1-2-5-17(16)30-18/h1-2,4-5,7-10,18H,3,6,11-13H2,(H,23,27). The number of nitrogens with zero attached hydrogens (tertiary/aromatic N) is 3. The molecule has 3 aromatic rings. The second-order valence-corrected chi connectivity index (χ2v) is 8.23. The number of nitrogens with one attached hydrogen (secondary N) is 1. The van der Waals surface area contributed by atoms with Gasteiger partial charge in [0.2, 0.25) is 17.9 Å². The van der Waals surface area contributed by atoms with Crippen LogP contribution >= 0.6 is 11.8 Å². The molecule has 32 heavy (non-hydrogen) atoms. The number of hydrogen-bond acceptors (Lipinski definition) is 8. The molecule has 5 rings (SSSR count). The average Bonchev–Trinajstić information content (AvgIpc) is 3.47. The molecular formula is C22H20N4O5S. The van der Waals surface area contributed by atoms with E-state index in [2.05, 4.69) is 15.5 Å². The first kappa shape index (κ1) is 20.4. The maximum Gasteiger partial charge on any atom is 0.277 e. The fourth-order valence-electron chi connectivity index (χ4n) is 3.52. The van der Waals surface area contributed by atoms with Crippen LogP contribution in [0.4, 0.5) is 11.4 Å². The van der Waals surface area contributed by atoms with Crippen LogP contribution in [0.25, 0.3) is 0 Å². The van der Waals surface area contributed by atoms with Crippen molar-refractivity contribution in [2.24, 2.45) is 0 Å². The largest absolute Gasteiger partial charge is 0.485 e. The Hall–Kier alpha value is -3.53. The van der Waals surface area contributed by atoms with Crippen LogP contribution in [0.15, 0.2) is 58.2 Å². The quantitative estimate of drug-likeness (QED) is 0.567. The van der Waals surface area contributed by atoms with Gasteiger partial charge < -0.3 is 24.1 Å². The Labute approximate surface area is 188 Å². The molecule has 3 heterocycles. The first-order valence-corrected chi connectivity index (χ1v) is 11.2. The van der Waals surface area contributed by atoms with Gasteiger partial charge in [-0.3, -0.25) is 9.59 Å². The van der Waals surface area contributed by atoms with Gasteiger partial charge in [-0.05, 0) is 42.8 Å². The molecule has 0 bridgehead atoms. The molecule has 2 amide bonds. The molecule has 10 heteroatoms. The maximum absolute atomic E-state index is 12.3. The van der Waals surface area contributed by atoms with E-state index in [1.807, 2.05) is 36.4 Å². The monoisotopic (exact) mass is 452 g/mol. The van der Waals surface area contributed by atoms with Gasteiger partial charge in [-0.1, -0.05) is 23.9 Å². The Bertz CT molecular complexity index is 1130. The first-order chi connectivity index (χ1) is 15.7. The molecule has 2 aliphatic heterocycles. The maximum atomic E-state index is 12.3. The summed E-state index contributed by atoms with van der Waals surface area (Å²) in [4.78, 5) is 25.9. The van der Waals surface area contributed by atoms with E-state index in [4.69, 9.17) is 13.9 Å². The van der Waals surface area contributed by atoms with E-state index in [0.29, 0.717) is 29.5 Å². The molecule has 1 N–H and O–H groups in total. The highest BCUT2D eigenvalue weighted by molar-refractivity contribution is 7.99.